The van der Waals surface area contributed by atoms with Gasteiger partial charge in [-0.25, -0.2) is 0 Å². The van der Waals surface area contributed by atoms with E-state index in [1.165, 1.54) is 16.1 Å². The fourth-order valence-electron chi connectivity index (χ4n) is 1.54. The van der Waals surface area contributed by atoms with Crippen molar-refractivity contribution in [1.29, 1.82) is 0 Å². The van der Waals surface area contributed by atoms with Gasteiger partial charge < -0.3 is 10.1 Å². The monoisotopic (exact) mass is 265 g/mol. The van der Waals surface area contributed by atoms with Gasteiger partial charge in [-0.2, -0.15) is 4.80 Å². The maximum Gasteiger partial charge on any atom is 0.244 e. The van der Waals surface area contributed by atoms with E-state index in [9.17, 15) is 4.79 Å². The highest BCUT2D eigenvalue weighted by Gasteiger charge is 2.20. The number of hydrogen-bond donors (Lipinski definition) is 1. The van der Waals surface area contributed by atoms with Gasteiger partial charge in [-0.05, 0) is 16.7 Å². The van der Waals surface area contributed by atoms with Crippen molar-refractivity contribution in [3.63, 3.8) is 0 Å². The molecule has 1 fully saturated rings. The third-order valence-electron chi connectivity index (χ3n) is 2.48. The molecule has 2 aromatic rings. The van der Waals surface area contributed by atoms with Crippen LogP contribution < -0.4 is 5.32 Å². The van der Waals surface area contributed by atoms with Crippen LogP contribution in [0.4, 0.5) is 0 Å². The summed E-state index contributed by atoms with van der Waals surface area (Å²) >= 11 is 1.54. The number of tetrazole rings is 1. The number of ether oxygens (including phenoxy) is 1. The van der Waals surface area contributed by atoms with E-state index in [2.05, 4.69) is 20.7 Å². The Bertz CT molecular complexity index is 534. The summed E-state index contributed by atoms with van der Waals surface area (Å²) in [5.41, 5.74) is 0. The smallest absolute Gasteiger partial charge is 0.244 e. The van der Waals surface area contributed by atoms with Crippen LogP contribution in [-0.4, -0.2) is 45.4 Å². The number of carbonyl (C=O) groups excluding carboxylic acids is 1. The summed E-state index contributed by atoms with van der Waals surface area (Å²) in [6.07, 6.45) is 0. The van der Waals surface area contributed by atoms with Crippen LogP contribution in [0, 0.1) is 0 Å². The van der Waals surface area contributed by atoms with Crippen molar-refractivity contribution in [2.45, 2.75) is 12.6 Å². The lowest BCUT2D eigenvalue weighted by atomic mass is 10.2. The second kappa shape index (κ2) is 4.83. The molecule has 1 saturated heterocycles. The fraction of sp³-hybridized carbons (Fsp3) is 0.400. The summed E-state index contributed by atoms with van der Waals surface area (Å²) in [6.45, 7) is 1.24. The quantitative estimate of drug-likeness (QED) is 0.836. The Kier molecular flexibility index (Phi) is 3.03. The van der Waals surface area contributed by atoms with Gasteiger partial charge in [0.2, 0.25) is 11.7 Å². The summed E-state index contributed by atoms with van der Waals surface area (Å²) in [4.78, 5) is 13.9. The highest BCUT2D eigenvalue weighted by molar-refractivity contribution is 7.13. The molecule has 2 aromatic heterocycles. The lowest BCUT2D eigenvalue weighted by Crippen LogP contribution is -2.49. The highest BCUT2D eigenvalue weighted by atomic mass is 32.1. The fourth-order valence-corrected chi connectivity index (χ4v) is 2.18. The lowest BCUT2D eigenvalue weighted by molar-refractivity contribution is -0.126. The van der Waals surface area contributed by atoms with Crippen LogP contribution in [0.2, 0.25) is 0 Å². The Balaban J connectivity index is 1.61. The maximum atomic E-state index is 11.6. The average Bonchev–Trinajstić information content (AvgIpc) is 2.92. The molecule has 0 saturated carbocycles. The van der Waals surface area contributed by atoms with Gasteiger partial charge in [-0.15, -0.1) is 21.5 Å². The number of amides is 1. The molecule has 7 nitrogen and oxygen atoms in total. The number of rotatable bonds is 4. The summed E-state index contributed by atoms with van der Waals surface area (Å²) in [6, 6.07) is 3.96. The van der Waals surface area contributed by atoms with Gasteiger partial charge in [0.1, 0.15) is 6.54 Å². The van der Waals surface area contributed by atoms with Crippen molar-refractivity contribution >= 4 is 17.2 Å². The first-order chi connectivity index (χ1) is 8.81. The molecule has 1 amide bonds. The molecular formula is C10H11N5O2S. The van der Waals surface area contributed by atoms with Crippen LogP contribution in [0.5, 0.6) is 0 Å². The molecule has 18 heavy (non-hydrogen) atoms. The van der Waals surface area contributed by atoms with Crippen LogP contribution in [0.15, 0.2) is 17.5 Å². The number of thiophene rings is 1. The molecule has 0 radical (unpaired) electrons. The van der Waals surface area contributed by atoms with Crippen molar-refractivity contribution in [2.75, 3.05) is 13.2 Å². The van der Waals surface area contributed by atoms with E-state index in [0.717, 1.165) is 4.88 Å². The van der Waals surface area contributed by atoms with E-state index < -0.39 is 0 Å². The Morgan fingerprint density at radius 3 is 3.17 bits per heavy atom. The molecular weight excluding hydrogens is 254 g/mol. The molecule has 1 N–H and O–H groups in total. The van der Waals surface area contributed by atoms with Crippen molar-refractivity contribution in [2.24, 2.45) is 0 Å². The second-order valence-corrected chi connectivity index (χ2v) is 4.87. The predicted octanol–water partition coefficient (Wildman–Crippen LogP) is -0.0834. The van der Waals surface area contributed by atoms with Crippen LogP contribution in [0.25, 0.3) is 10.7 Å². The lowest BCUT2D eigenvalue weighted by Gasteiger charge is -2.26. The third kappa shape index (κ3) is 2.39. The minimum Gasteiger partial charge on any atom is -0.377 e. The van der Waals surface area contributed by atoms with Gasteiger partial charge in [0.15, 0.2) is 0 Å². The zero-order valence-electron chi connectivity index (χ0n) is 9.44. The van der Waals surface area contributed by atoms with Gasteiger partial charge in [0.25, 0.3) is 0 Å². The maximum absolute atomic E-state index is 11.6. The number of nitrogens with one attached hydrogen (secondary N) is 1. The number of hydrogen-bond acceptors (Lipinski definition) is 6. The zero-order valence-corrected chi connectivity index (χ0v) is 10.3. The van der Waals surface area contributed by atoms with Crippen LogP contribution >= 0.6 is 11.3 Å². The first kappa shape index (κ1) is 11.3. The van der Waals surface area contributed by atoms with Crippen LogP contribution in [0.1, 0.15) is 0 Å². The number of aromatic nitrogens is 4. The first-order valence-electron chi connectivity index (χ1n) is 5.50. The molecule has 0 aromatic carbocycles. The Morgan fingerprint density at radius 1 is 1.61 bits per heavy atom. The highest BCUT2D eigenvalue weighted by Crippen LogP contribution is 2.19. The van der Waals surface area contributed by atoms with E-state index in [0.29, 0.717) is 19.0 Å². The molecule has 0 aliphatic carbocycles. The van der Waals surface area contributed by atoms with Crippen molar-refractivity contribution in [3.8, 4) is 10.7 Å². The summed E-state index contributed by atoms with van der Waals surface area (Å²) in [5.74, 6) is 0.420. The molecule has 0 bridgehead atoms. The van der Waals surface area contributed by atoms with E-state index in [4.69, 9.17) is 4.74 Å². The Hall–Kier alpha value is -1.80. The minimum absolute atomic E-state index is 0.0782. The molecule has 0 unspecified atom stereocenters. The minimum atomic E-state index is -0.126. The number of carbonyl (C=O) groups is 1. The van der Waals surface area contributed by atoms with E-state index in [1.54, 1.807) is 0 Å². The van der Waals surface area contributed by atoms with Crippen LogP contribution in [-0.2, 0) is 16.1 Å². The predicted molar refractivity (Wildman–Crippen MR) is 63.9 cm³/mol. The van der Waals surface area contributed by atoms with E-state index >= 15 is 0 Å². The summed E-state index contributed by atoms with van der Waals surface area (Å²) in [7, 11) is 0. The van der Waals surface area contributed by atoms with Gasteiger partial charge in [0, 0.05) is 0 Å². The van der Waals surface area contributed by atoms with E-state index in [1.807, 2.05) is 17.5 Å². The van der Waals surface area contributed by atoms with Crippen molar-refractivity contribution in [3.05, 3.63) is 17.5 Å². The summed E-state index contributed by atoms with van der Waals surface area (Å²) in [5, 5.41) is 16.7. The third-order valence-corrected chi connectivity index (χ3v) is 3.35. The Labute approximate surface area is 107 Å². The molecule has 0 atom stereocenters. The van der Waals surface area contributed by atoms with Gasteiger partial charge in [-0.3, -0.25) is 4.79 Å². The molecule has 94 valence electrons. The molecule has 1 aliphatic heterocycles. The molecule has 3 rings (SSSR count). The zero-order chi connectivity index (χ0) is 12.4. The summed E-state index contributed by atoms with van der Waals surface area (Å²) < 4.78 is 4.98. The SMILES string of the molecule is O=C(Cn1nnc(-c2cccs2)n1)NC1COC1. The topological polar surface area (TPSA) is 81.9 Å². The molecule has 3 heterocycles. The average molecular weight is 265 g/mol. The van der Waals surface area contributed by atoms with Crippen molar-refractivity contribution < 1.29 is 9.53 Å². The Morgan fingerprint density at radius 2 is 2.50 bits per heavy atom. The normalized spacial score (nSPS) is 15.3. The molecule has 1 aliphatic rings. The van der Waals surface area contributed by atoms with E-state index in [-0.39, 0.29) is 18.5 Å². The van der Waals surface area contributed by atoms with Crippen LogP contribution in [0.3, 0.4) is 0 Å². The standard InChI is InChI=1S/C10H11N5O2S/c16-9(11-7-5-17-6-7)4-15-13-10(12-14-15)8-2-1-3-18-8/h1-3,7H,4-6H2,(H,11,16). The molecule has 0 spiro atoms. The number of nitrogens with zero attached hydrogens (tertiary/aromatic N) is 4. The largest absolute Gasteiger partial charge is 0.377 e. The molecule has 8 heteroatoms. The van der Waals surface area contributed by atoms with Gasteiger partial charge in [0.05, 0.1) is 24.1 Å². The second-order valence-electron chi connectivity index (χ2n) is 3.92. The first-order valence-corrected chi connectivity index (χ1v) is 6.38. The van der Waals surface area contributed by atoms with Gasteiger partial charge >= 0.3 is 0 Å². The van der Waals surface area contributed by atoms with Crippen molar-refractivity contribution in [1.82, 2.24) is 25.5 Å². The van der Waals surface area contributed by atoms with Gasteiger partial charge in [-0.1, -0.05) is 6.07 Å².